The van der Waals surface area contributed by atoms with E-state index in [1.807, 2.05) is 0 Å². The number of carbonyl (C=O) groups is 4. The highest BCUT2D eigenvalue weighted by molar-refractivity contribution is 7.15. The number of rotatable bonds is 7. The third kappa shape index (κ3) is 4.82. The topological polar surface area (TPSA) is 105 Å². The zero-order chi connectivity index (χ0) is 26.0. The minimum atomic E-state index is -1.35. The number of ether oxygens (including phenoxy) is 1. The molecule has 1 unspecified atom stereocenters. The first-order valence-electron chi connectivity index (χ1n) is 10.9. The van der Waals surface area contributed by atoms with Gasteiger partial charge in [-0.25, -0.2) is 9.59 Å². The fraction of sp³-hybridized carbons (Fsp3) is 0.200. The second kappa shape index (κ2) is 10.3. The van der Waals surface area contributed by atoms with Crippen molar-refractivity contribution in [3.63, 3.8) is 0 Å². The number of benzene rings is 2. The summed E-state index contributed by atoms with van der Waals surface area (Å²) in [5, 5.41) is 8.12. The quantitative estimate of drug-likeness (QED) is 0.309. The van der Waals surface area contributed by atoms with Crippen molar-refractivity contribution in [3.05, 3.63) is 75.1 Å². The molecule has 2 heterocycles. The number of imide groups is 1. The smallest absolute Gasteiger partial charge is 0.341 e. The Balaban J connectivity index is 1.57. The molecule has 2 N–H and O–H groups in total. The summed E-state index contributed by atoms with van der Waals surface area (Å²) in [5.74, 6) is -1.87. The van der Waals surface area contributed by atoms with E-state index in [2.05, 4.69) is 10.6 Å². The Morgan fingerprint density at radius 3 is 2.44 bits per heavy atom. The Morgan fingerprint density at radius 2 is 1.78 bits per heavy atom. The van der Waals surface area contributed by atoms with Crippen LogP contribution >= 0.6 is 34.5 Å². The van der Waals surface area contributed by atoms with Gasteiger partial charge in [0.2, 0.25) is 5.91 Å². The summed E-state index contributed by atoms with van der Waals surface area (Å²) in [5.41, 5.74) is 0.432. The molecule has 1 saturated heterocycles. The molecule has 11 heteroatoms. The monoisotopic (exact) mass is 545 g/mol. The van der Waals surface area contributed by atoms with Gasteiger partial charge < -0.3 is 15.4 Å². The van der Waals surface area contributed by atoms with Gasteiger partial charge in [-0.2, -0.15) is 0 Å². The van der Waals surface area contributed by atoms with Crippen LogP contribution in [0.4, 0.5) is 9.80 Å². The molecule has 0 saturated carbocycles. The zero-order valence-corrected chi connectivity index (χ0v) is 21.6. The number of urea groups is 1. The van der Waals surface area contributed by atoms with E-state index < -0.39 is 35.9 Å². The van der Waals surface area contributed by atoms with E-state index in [4.69, 9.17) is 27.9 Å². The van der Waals surface area contributed by atoms with Crippen LogP contribution in [-0.2, 0) is 19.9 Å². The summed E-state index contributed by atoms with van der Waals surface area (Å²) in [6.07, 6.45) is 0. The molecule has 1 atom stereocenters. The molecule has 0 spiro atoms. The Morgan fingerprint density at radius 1 is 1.08 bits per heavy atom. The second-order valence-corrected chi connectivity index (χ2v) is 9.78. The van der Waals surface area contributed by atoms with E-state index in [1.165, 1.54) is 0 Å². The average Bonchev–Trinajstić information content (AvgIpc) is 3.34. The lowest BCUT2D eigenvalue weighted by Gasteiger charge is -2.22. The van der Waals surface area contributed by atoms with Gasteiger partial charge in [0, 0.05) is 26.6 Å². The van der Waals surface area contributed by atoms with Crippen LogP contribution < -0.4 is 10.6 Å². The van der Waals surface area contributed by atoms with Crippen molar-refractivity contribution < 1.29 is 23.9 Å². The highest BCUT2D eigenvalue weighted by atomic mass is 35.5. The largest absolute Gasteiger partial charge is 0.462 e. The molecule has 186 valence electrons. The molecular formula is C25H21Cl2N3O5S. The average molecular weight is 546 g/mol. The minimum Gasteiger partial charge on any atom is -0.462 e. The maximum absolute atomic E-state index is 13.1. The summed E-state index contributed by atoms with van der Waals surface area (Å²) in [6, 6.07) is 12.8. The summed E-state index contributed by atoms with van der Waals surface area (Å²) < 4.78 is 5.20. The lowest BCUT2D eigenvalue weighted by Crippen LogP contribution is -2.42. The Bertz CT molecular complexity index is 1360. The fourth-order valence-electron chi connectivity index (χ4n) is 3.86. The Kier molecular flexibility index (Phi) is 7.35. The highest BCUT2D eigenvalue weighted by Gasteiger charge is 2.49. The highest BCUT2D eigenvalue weighted by Crippen LogP contribution is 2.39. The van der Waals surface area contributed by atoms with Crippen molar-refractivity contribution in [1.82, 2.24) is 10.2 Å². The van der Waals surface area contributed by atoms with Crippen LogP contribution in [0, 0.1) is 0 Å². The minimum absolute atomic E-state index is 0.135. The van der Waals surface area contributed by atoms with Crippen LogP contribution in [0.5, 0.6) is 0 Å². The first kappa shape index (κ1) is 25.7. The number of hydrogen-bond acceptors (Lipinski definition) is 6. The molecule has 0 radical (unpaired) electrons. The van der Waals surface area contributed by atoms with E-state index >= 15 is 0 Å². The van der Waals surface area contributed by atoms with Crippen molar-refractivity contribution in [3.8, 4) is 11.1 Å². The van der Waals surface area contributed by atoms with Crippen LogP contribution in [0.25, 0.3) is 11.1 Å². The molecule has 1 aromatic heterocycles. The predicted octanol–water partition coefficient (Wildman–Crippen LogP) is 5.30. The molecule has 36 heavy (non-hydrogen) atoms. The third-order valence-corrected chi connectivity index (χ3v) is 7.16. The molecule has 3 aromatic rings. The summed E-state index contributed by atoms with van der Waals surface area (Å²) in [4.78, 5) is 52.3. The lowest BCUT2D eigenvalue weighted by atomic mass is 9.92. The number of hydrogen-bond donors (Lipinski definition) is 2. The van der Waals surface area contributed by atoms with Crippen LogP contribution in [0.1, 0.15) is 29.8 Å². The normalized spacial score (nSPS) is 17.2. The molecule has 1 fully saturated rings. The molecule has 4 amide bonds. The summed E-state index contributed by atoms with van der Waals surface area (Å²) in [6.45, 7) is 2.82. The number of carbonyl (C=O) groups excluding carboxylic acids is 4. The van der Waals surface area contributed by atoms with Gasteiger partial charge in [-0.1, -0.05) is 53.5 Å². The van der Waals surface area contributed by atoms with Gasteiger partial charge in [0.05, 0.1) is 6.61 Å². The van der Waals surface area contributed by atoms with Gasteiger partial charge in [-0.05, 0) is 37.6 Å². The van der Waals surface area contributed by atoms with Gasteiger partial charge in [0.15, 0.2) is 0 Å². The molecule has 0 aliphatic carbocycles. The van der Waals surface area contributed by atoms with Gasteiger partial charge in [-0.15, -0.1) is 11.3 Å². The van der Waals surface area contributed by atoms with Crippen LogP contribution in [0.3, 0.4) is 0 Å². The molecule has 1 aliphatic heterocycles. The molecule has 4 rings (SSSR count). The molecular weight excluding hydrogens is 525 g/mol. The molecule has 0 bridgehead atoms. The van der Waals surface area contributed by atoms with Crippen LogP contribution in [-0.4, -0.2) is 41.9 Å². The van der Waals surface area contributed by atoms with E-state index in [0.29, 0.717) is 26.7 Å². The van der Waals surface area contributed by atoms with Crippen molar-refractivity contribution >= 4 is 63.4 Å². The van der Waals surface area contributed by atoms with Gasteiger partial charge in [-0.3, -0.25) is 14.5 Å². The standard InChI is InChI=1S/C25H21Cl2N3O5S/c1-3-35-22(32)20-17(16-6-4-5-7-18(16)27)13-36-21(20)28-19(31)12-30-23(33)25(2,29-24(30)34)14-8-10-15(26)11-9-14/h4-11,13H,3,12H2,1-2H3,(H,28,31)(H,29,34). The zero-order valence-electron chi connectivity index (χ0n) is 19.3. The number of esters is 1. The van der Waals surface area contributed by atoms with Crippen LogP contribution in [0.2, 0.25) is 10.0 Å². The Hall–Kier alpha value is -3.40. The van der Waals surface area contributed by atoms with E-state index in [0.717, 1.165) is 16.2 Å². The second-order valence-electron chi connectivity index (χ2n) is 8.06. The molecule has 2 aromatic carbocycles. The summed E-state index contributed by atoms with van der Waals surface area (Å²) >= 11 is 13.4. The first-order chi connectivity index (χ1) is 17.2. The molecule has 1 aliphatic rings. The van der Waals surface area contributed by atoms with Gasteiger partial charge in [0.25, 0.3) is 5.91 Å². The van der Waals surface area contributed by atoms with E-state index in [1.54, 1.807) is 67.8 Å². The number of halogens is 2. The van der Waals surface area contributed by atoms with Gasteiger partial charge in [0.1, 0.15) is 22.6 Å². The van der Waals surface area contributed by atoms with Gasteiger partial charge >= 0.3 is 12.0 Å². The van der Waals surface area contributed by atoms with Crippen molar-refractivity contribution in [1.29, 1.82) is 0 Å². The van der Waals surface area contributed by atoms with Crippen molar-refractivity contribution in [2.45, 2.75) is 19.4 Å². The summed E-state index contributed by atoms with van der Waals surface area (Å²) in [7, 11) is 0. The number of nitrogens with zero attached hydrogens (tertiary/aromatic N) is 1. The maximum Gasteiger partial charge on any atom is 0.341 e. The third-order valence-electron chi connectivity index (χ3n) is 5.69. The first-order valence-corrected chi connectivity index (χ1v) is 12.5. The molecule has 8 nitrogen and oxygen atoms in total. The SMILES string of the molecule is CCOC(=O)c1c(-c2ccccc2Cl)csc1NC(=O)CN1C(=O)NC(C)(c2ccc(Cl)cc2)C1=O. The maximum atomic E-state index is 13.1. The number of anilines is 1. The number of amides is 4. The van der Waals surface area contributed by atoms with Crippen molar-refractivity contribution in [2.24, 2.45) is 0 Å². The van der Waals surface area contributed by atoms with Crippen LogP contribution in [0.15, 0.2) is 53.9 Å². The number of thiophene rings is 1. The van der Waals surface area contributed by atoms with Crippen molar-refractivity contribution in [2.75, 3.05) is 18.5 Å². The lowest BCUT2D eigenvalue weighted by molar-refractivity contribution is -0.133. The number of nitrogens with one attached hydrogen (secondary N) is 2. The van der Waals surface area contributed by atoms with E-state index in [9.17, 15) is 19.2 Å². The Labute approximate surface area is 221 Å². The predicted molar refractivity (Wildman–Crippen MR) is 138 cm³/mol. The van der Waals surface area contributed by atoms with E-state index in [-0.39, 0.29) is 17.2 Å². The fourth-order valence-corrected chi connectivity index (χ4v) is 5.19.